The van der Waals surface area contributed by atoms with Gasteiger partial charge in [0.15, 0.2) is 0 Å². The van der Waals surface area contributed by atoms with E-state index in [9.17, 15) is 4.79 Å². The average Bonchev–Trinajstić information content (AvgIpc) is 2.93. The predicted octanol–water partition coefficient (Wildman–Crippen LogP) is 2.34. The summed E-state index contributed by atoms with van der Waals surface area (Å²) in [5, 5.41) is 0. The third-order valence-electron chi connectivity index (χ3n) is 4.16. The summed E-state index contributed by atoms with van der Waals surface area (Å²) < 4.78 is 5.90. The van der Waals surface area contributed by atoms with Gasteiger partial charge in [0, 0.05) is 11.8 Å². The Bertz CT molecular complexity index is 289. The monoisotopic (exact) mass is 206 g/mol. The predicted molar refractivity (Wildman–Crippen MR) is 57.4 cm³/mol. The quantitative estimate of drug-likeness (QED) is 0.662. The summed E-state index contributed by atoms with van der Waals surface area (Å²) in [7, 11) is 0. The van der Waals surface area contributed by atoms with E-state index in [1.54, 1.807) is 0 Å². The van der Waals surface area contributed by atoms with Crippen molar-refractivity contribution < 1.29 is 9.53 Å². The van der Waals surface area contributed by atoms with E-state index in [2.05, 4.69) is 12.2 Å². The highest BCUT2D eigenvalue weighted by Crippen LogP contribution is 2.41. The minimum absolute atomic E-state index is 0.191. The Kier molecular flexibility index (Phi) is 2.39. The van der Waals surface area contributed by atoms with E-state index in [-0.39, 0.29) is 11.8 Å². The van der Waals surface area contributed by atoms with Gasteiger partial charge in [-0.1, -0.05) is 25.0 Å². The smallest absolute Gasteiger partial charge is 0.146 e. The number of rotatable bonds is 3. The van der Waals surface area contributed by atoms with Crippen molar-refractivity contribution in [3.63, 3.8) is 0 Å². The van der Waals surface area contributed by atoms with Crippen LogP contribution in [0.2, 0.25) is 0 Å². The van der Waals surface area contributed by atoms with Gasteiger partial charge >= 0.3 is 0 Å². The van der Waals surface area contributed by atoms with Crippen LogP contribution in [0.3, 0.4) is 0 Å². The van der Waals surface area contributed by atoms with Gasteiger partial charge in [-0.25, -0.2) is 0 Å². The number of ketones is 1. The Morgan fingerprint density at radius 1 is 1.27 bits per heavy atom. The van der Waals surface area contributed by atoms with Crippen molar-refractivity contribution in [2.24, 2.45) is 17.8 Å². The van der Waals surface area contributed by atoms with Crippen LogP contribution in [0.1, 0.15) is 32.1 Å². The lowest BCUT2D eigenvalue weighted by Gasteiger charge is -2.19. The number of carbonyl (C=O) groups excluding carboxylic acids is 1. The zero-order chi connectivity index (χ0) is 10.3. The van der Waals surface area contributed by atoms with Crippen LogP contribution in [0.15, 0.2) is 12.2 Å². The van der Waals surface area contributed by atoms with Crippen LogP contribution in [0.4, 0.5) is 0 Å². The van der Waals surface area contributed by atoms with Crippen molar-refractivity contribution in [3.05, 3.63) is 12.2 Å². The Labute approximate surface area is 90.7 Å². The molecule has 0 radical (unpaired) electrons. The van der Waals surface area contributed by atoms with Crippen molar-refractivity contribution in [1.82, 2.24) is 0 Å². The van der Waals surface area contributed by atoms with Gasteiger partial charge in [-0.15, -0.1) is 0 Å². The van der Waals surface area contributed by atoms with E-state index in [0.717, 1.165) is 13.0 Å². The molecule has 2 nitrogen and oxygen atoms in total. The lowest BCUT2D eigenvalue weighted by atomic mass is 9.94. The maximum atomic E-state index is 11.7. The Hall–Kier alpha value is -0.630. The zero-order valence-electron chi connectivity index (χ0n) is 9.02. The summed E-state index contributed by atoms with van der Waals surface area (Å²) in [6.07, 6.45) is 10.8. The number of ether oxygens (including phenoxy) is 1. The third kappa shape index (κ3) is 1.65. The molecule has 15 heavy (non-hydrogen) atoms. The summed E-state index contributed by atoms with van der Waals surface area (Å²) in [6, 6.07) is 0. The highest BCUT2D eigenvalue weighted by molar-refractivity contribution is 5.91. The molecular weight excluding hydrogens is 188 g/mol. The van der Waals surface area contributed by atoms with Crippen molar-refractivity contribution in [1.29, 1.82) is 0 Å². The number of hydrogen-bond donors (Lipinski definition) is 0. The fraction of sp³-hybridized carbons (Fsp3) is 0.769. The van der Waals surface area contributed by atoms with Crippen LogP contribution in [-0.2, 0) is 9.53 Å². The summed E-state index contributed by atoms with van der Waals surface area (Å²) in [5.41, 5.74) is 0. The first kappa shape index (κ1) is 9.59. The first-order chi connectivity index (χ1) is 7.34. The van der Waals surface area contributed by atoms with Crippen LogP contribution in [-0.4, -0.2) is 18.5 Å². The molecule has 0 spiro atoms. The highest BCUT2D eigenvalue weighted by Gasteiger charge is 2.43. The maximum absolute atomic E-state index is 11.7. The minimum atomic E-state index is 0.191. The van der Waals surface area contributed by atoms with E-state index in [1.165, 1.54) is 25.7 Å². The van der Waals surface area contributed by atoms with Gasteiger partial charge in [0.25, 0.3) is 0 Å². The first-order valence-corrected chi connectivity index (χ1v) is 6.18. The van der Waals surface area contributed by atoms with Crippen molar-refractivity contribution >= 4 is 5.78 Å². The number of hydrogen-bond acceptors (Lipinski definition) is 2. The molecule has 3 aliphatic carbocycles. The summed E-state index contributed by atoms with van der Waals surface area (Å²) in [4.78, 5) is 11.7. The van der Waals surface area contributed by atoms with Crippen LogP contribution in [0, 0.1) is 17.8 Å². The molecule has 0 aromatic carbocycles. The molecule has 2 heteroatoms. The zero-order valence-corrected chi connectivity index (χ0v) is 9.02. The van der Waals surface area contributed by atoms with Gasteiger partial charge in [0.05, 0.1) is 12.7 Å². The largest absolute Gasteiger partial charge is 0.378 e. The average molecular weight is 206 g/mol. The van der Waals surface area contributed by atoms with Crippen molar-refractivity contribution in [3.8, 4) is 0 Å². The number of carbonyl (C=O) groups is 1. The van der Waals surface area contributed by atoms with Crippen LogP contribution < -0.4 is 0 Å². The molecule has 0 aliphatic heterocycles. The summed E-state index contributed by atoms with van der Waals surface area (Å²) >= 11 is 0. The molecule has 0 saturated heterocycles. The van der Waals surface area contributed by atoms with Gasteiger partial charge < -0.3 is 4.74 Å². The number of fused-ring (bicyclic) bond motifs is 2. The van der Waals surface area contributed by atoms with Crippen LogP contribution >= 0.6 is 0 Å². The Morgan fingerprint density at radius 2 is 2.07 bits per heavy atom. The van der Waals surface area contributed by atoms with Gasteiger partial charge in [0.2, 0.25) is 0 Å². The maximum Gasteiger partial charge on any atom is 0.146 e. The van der Waals surface area contributed by atoms with Gasteiger partial charge in [0.1, 0.15) is 5.78 Å². The summed E-state index contributed by atoms with van der Waals surface area (Å²) in [6.45, 7) is 0.807. The second-order valence-corrected chi connectivity index (χ2v) is 5.16. The normalized spacial score (nSPS) is 39.5. The standard InChI is InChI=1S/C13H18O2/c14-13-9-5-6-12(13)10(7-9)8-15-11-3-1-2-4-11/h5-6,9-12H,1-4,7-8H2. The topological polar surface area (TPSA) is 26.3 Å². The molecule has 0 aromatic rings. The first-order valence-electron chi connectivity index (χ1n) is 6.18. The third-order valence-corrected chi connectivity index (χ3v) is 4.16. The molecule has 3 aliphatic rings. The van der Waals surface area contributed by atoms with Crippen molar-refractivity contribution in [2.45, 2.75) is 38.2 Å². The molecule has 2 bridgehead atoms. The minimum Gasteiger partial charge on any atom is -0.378 e. The molecule has 2 saturated carbocycles. The number of Topliss-reactive ketones (excluding diaryl/α,β-unsaturated/α-hetero) is 1. The van der Waals surface area contributed by atoms with Gasteiger partial charge in [-0.3, -0.25) is 4.79 Å². The van der Waals surface area contributed by atoms with E-state index >= 15 is 0 Å². The molecule has 82 valence electrons. The molecular formula is C13H18O2. The van der Waals surface area contributed by atoms with Crippen molar-refractivity contribution in [2.75, 3.05) is 6.61 Å². The number of allylic oxidation sites excluding steroid dienone is 2. The van der Waals surface area contributed by atoms with Gasteiger partial charge in [-0.2, -0.15) is 0 Å². The molecule has 0 amide bonds. The molecule has 3 atom stereocenters. The SMILES string of the molecule is O=C1C2C=CC1C(COC1CCCC1)C2. The van der Waals surface area contributed by atoms with Gasteiger partial charge in [-0.05, 0) is 25.2 Å². The molecule has 0 aromatic heterocycles. The van der Waals surface area contributed by atoms with Crippen LogP contribution in [0.5, 0.6) is 0 Å². The van der Waals surface area contributed by atoms with E-state index in [0.29, 0.717) is 17.8 Å². The van der Waals surface area contributed by atoms with Crippen LogP contribution in [0.25, 0.3) is 0 Å². The fourth-order valence-electron chi connectivity index (χ4n) is 3.23. The Morgan fingerprint density at radius 3 is 2.67 bits per heavy atom. The molecule has 0 N–H and O–H groups in total. The molecule has 0 heterocycles. The second-order valence-electron chi connectivity index (χ2n) is 5.16. The summed E-state index contributed by atoms with van der Waals surface area (Å²) in [5.74, 6) is 1.34. The van der Waals surface area contributed by atoms with E-state index < -0.39 is 0 Å². The van der Waals surface area contributed by atoms with E-state index in [1.807, 2.05) is 0 Å². The highest BCUT2D eigenvalue weighted by atomic mass is 16.5. The molecule has 2 fully saturated rings. The lowest BCUT2D eigenvalue weighted by Crippen LogP contribution is -2.20. The fourth-order valence-corrected chi connectivity index (χ4v) is 3.23. The molecule has 3 unspecified atom stereocenters. The second kappa shape index (κ2) is 3.75. The lowest BCUT2D eigenvalue weighted by molar-refractivity contribution is -0.121. The molecule has 3 rings (SSSR count). The van der Waals surface area contributed by atoms with E-state index in [4.69, 9.17) is 4.74 Å². The Balaban J connectivity index is 1.52.